The fourth-order valence-corrected chi connectivity index (χ4v) is 9.36. The molecule has 0 heterocycles. The number of allylic oxidation sites excluding steroid dienone is 4. The zero-order chi connectivity index (χ0) is 29.3. The Morgan fingerprint density at radius 3 is 2.46 bits per heavy atom. The predicted molar refractivity (Wildman–Crippen MR) is 159 cm³/mol. The molecular weight excluding hydrogens is 508 g/mol. The zero-order valence-electron chi connectivity index (χ0n) is 25.1. The molecular formula is C33H52O5S. The zero-order valence-corrected chi connectivity index (χ0v) is 25.9. The number of rotatable bonds is 9. The summed E-state index contributed by atoms with van der Waals surface area (Å²) in [7, 11) is -4.48. The van der Waals surface area contributed by atoms with Crippen molar-refractivity contribution in [3.8, 4) is 12.8 Å². The van der Waals surface area contributed by atoms with Gasteiger partial charge in [-0.2, -0.15) is 8.42 Å². The van der Waals surface area contributed by atoms with Crippen LogP contribution < -0.4 is 0 Å². The van der Waals surface area contributed by atoms with Crippen LogP contribution in [0.3, 0.4) is 0 Å². The van der Waals surface area contributed by atoms with Crippen LogP contribution in [0, 0.1) is 53.3 Å². The molecule has 4 aliphatic rings. The molecule has 0 radical (unpaired) electrons. The van der Waals surface area contributed by atoms with Gasteiger partial charge < -0.3 is 5.11 Å². The summed E-state index contributed by atoms with van der Waals surface area (Å²) in [5, 5.41) is 11.8. The van der Waals surface area contributed by atoms with E-state index < -0.39 is 22.6 Å². The normalized spacial score (nSPS) is 36.7. The number of hydrogen-bond acceptors (Lipinski definition) is 4. The third-order valence-electron chi connectivity index (χ3n) is 11.0. The van der Waals surface area contributed by atoms with Gasteiger partial charge in [-0.05, 0) is 115 Å². The summed E-state index contributed by atoms with van der Waals surface area (Å²) in [5.74, 6) is 2.02. The molecule has 0 amide bonds. The van der Waals surface area contributed by atoms with Crippen molar-refractivity contribution < 1.29 is 22.3 Å². The van der Waals surface area contributed by atoms with Crippen molar-refractivity contribution >= 4 is 10.4 Å². The maximum atomic E-state index is 11.8. The Bertz CT molecular complexity index is 1100. The predicted octanol–water partition coefficient (Wildman–Crippen LogP) is 7.69. The molecule has 5 nitrogen and oxygen atoms in total. The quantitative estimate of drug-likeness (QED) is 0.172. The molecule has 4 rings (SSSR count). The van der Waals surface area contributed by atoms with Crippen LogP contribution in [0.5, 0.6) is 0 Å². The largest absolute Gasteiger partial charge is 0.397 e. The smallest absolute Gasteiger partial charge is 0.389 e. The average Bonchev–Trinajstić information content (AvgIpc) is 3.17. The van der Waals surface area contributed by atoms with Crippen LogP contribution in [0.4, 0.5) is 0 Å². The van der Waals surface area contributed by atoms with E-state index in [1.54, 1.807) is 0 Å². The van der Waals surface area contributed by atoms with Gasteiger partial charge in [0.2, 0.25) is 0 Å². The lowest BCUT2D eigenvalue weighted by Crippen LogP contribution is -2.52. The highest BCUT2D eigenvalue weighted by Crippen LogP contribution is 2.65. The average molecular weight is 561 g/mol. The van der Waals surface area contributed by atoms with Gasteiger partial charge in [0.1, 0.15) is 0 Å². The van der Waals surface area contributed by atoms with E-state index in [4.69, 9.17) is 4.18 Å². The van der Waals surface area contributed by atoms with Crippen molar-refractivity contribution in [1.29, 1.82) is 0 Å². The summed E-state index contributed by atoms with van der Waals surface area (Å²) in [6.07, 6.45) is 18.9. The molecule has 0 saturated heterocycles. The van der Waals surface area contributed by atoms with E-state index in [0.29, 0.717) is 24.2 Å². The molecule has 3 unspecified atom stereocenters. The minimum Gasteiger partial charge on any atom is -0.389 e. The van der Waals surface area contributed by atoms with Crippen molar-refractivity contribution in [3.05, 3.63) is 34.9 Å². The molecule has 2 N–H and O–H groups in total. The standard InChI is InChI=1S/C31H50O5S.C2H2/c1-8-23-25-14-12-24-26-13-11-22(17-20(4)9-10-21(5)19(2)3)31(26,7)18-27(32)29(24)30(25,6)16-15-28(23)36-37(33,34)35;1-2/h13,19-20,22-23,25,27-28,32H,5,8-12,14-18H2,1-4,6-7H3,(H,33,34,35);1-2H/t20-,22?,23?,25?,27+,28+,30+,31-;/m1./s1. The topological polar surface area (TPSA) is 83.8 Å². The lowest BCUT2D eigenvalue weighted by molar-refractivity contribution is -0.0402. The van der Waals surface area contributed by atoms with E-state index in [9.17, 15) is 18.1 Å². The Kier molecular flexibility index (Phi) is 10.1. The van der Waals surface area contributed by atoms with Crippen molar-refractivity contribution in [2.45, 2.75) is 118 Å². The van der Waals surface area contributed by atoms with Crippen molar-refractivity contribution in [1.82, 2.24) is 0 Å². The van der Waals surface area contributed by atoms with Crippen molar-refractivity contribution in [2.75, 3.05) is 0 Å². The van der Waals surface area contributed by atoms with Crippen LogP contribution >= 0.6 is 0 Å². The SMILES string of the molecule is C#C.C=C(CC[C@@H](C)CC1CC=C2C3=C([C@@H](O)C[C@@]21C)[C@@]1(C)CC[C@H](OS(=O)(=O)O)C(CC)C1CC3)C(C)C. The van der Waals surface area contributed by atoms with Gasteiger partial charge in [0.15, 0.2) is 0 Å². The fraction of sp³-hybridized carbons (Fsp3) is 0.758. The minimum atomic E-state index is -4.48. The minimum absolute atomic E-state index is 0.0141. The van der Waals surface area contributed by atoms with E-state index in [1.807, 2.05) is 0 Å². The second-order valence-corrected chi connectivity index (χ2v) is 14.6. The van der Waals surface area contributed by atoms with Crippen LogP contribution in [-0.2, 0) is 14.6 Å². The van der Waals surface area contributed by atoms with E-state index in [1.165, 1.54) is 35.1 Å². The number of fused-ring (bicyclic) bond motifs is 4. The van der Waals surface area contributed by atoms with E-state index in [-0.39, 0.29) is 22.7 Å². The molecule has 0 aromatic rings. The summed E-state index contributed by atoms with van der Waals surface area (Å²) in [5.41, 5.74) is 5.29. The van der Waals surface area contributed by atoms with Crippen molar-refractivity contribution in [3.63, 3.8) is 0 Å². The first-order chi connectivity index (χ1) is 18.2. The van der Waals surface area contributed by atoms with E-state index in [0.717, 1.165) is 44.9 Å². The Morgan fingerprint density at radius 1 is 1.21 bits per heavy atom. The van der Waals surface area contributed by atoms with Gasteiger partial charge in [-0.25, -0.2) is 4.18 Å². The molecule has 8 atom stereocenters. The number of aliphatic hydroxyl groups excluding tert-OH is 1. The molecule has 220 valence electrons. The molecule has 1 fully saturated rings. The van der Waals surface area contributed by atoms with Gasteiger partial charge in [0.25, 0.3) is 0 Å². The van der Waals surface area contributed by atoms with Crippen LogP contribution in [0.25, 0.3) is 0 Å². The fourth-order valence-electron chi connectivity index (χ4n) is 8.81. The monoisotopic (exact) mass is 560 g/mol. The summed E-state index contributed by atoms with van der Waals surface area (Å²) < 4.78 is 37.6. The van der Waals surface area contributed by atoms with E-state index >= 15 is 0 Å². The summed E-state index contributed by atoms with van der Waals surface area (Å²) in [6, 6.07) is 0. The number of aliphatic hydroxyl groups is 1. The summed E-state index contributed by atoms with van der Waals surface area (Å²) >= 11 is 0. The van der Waals surface area contributed by atoms with Crippen LogP contribution in [0.1, 0.15) is 106 Å². The molecule has 0 aliphatic heterocycles. The highest BCUT2D eigenvalue weighted by atomic mass is 32.3. The van der Waals surface area contributed by atoms with Gasteiger partial charge in [0, 0.05) is 0 Å². The van der Waals surface area contributed by atoms with Crippen LogP contribution in [0.15, 0.2) is 34.9 Å². The summed E-state index contributed by atoms with van der Waals surface area (Å²) in [6.45, 7) is 17.9. The van der Waals surface area contributed by atoms with Gasteiger partial charge in [-0.3, -0.25) is 4.55 Å². The Morgan fingerprint density at radius 2 is 1.87 bits per heavy atom. The molecule has 4 aliphatic carbocycles. The number of terminal acetylenes is 1. The van der Waals surface area contributed by atoms with Gasteiger partial charge in [-0.1, -0.05) is 66.2 Å². The third kappa shape index (κ3) is 6.27. The van der Waals surface area contributed by atoms with Gasteiger partial charge in [-0.15, -0.1) is 12.8 Å². The maximum Gasteiger partial charge on any atom is 0.397 e. The van der Waals surface area contributed by atoms with Crippen LogP contribution in [-0.4, -0.2) is 30.3 Å². The second-order valence-electron chi connectivity index (χ2n) is 13.5. The first-order valence-electron chi connectivity index (χ1n) is 15.0. The second kappa shape index (κ2) is 12.2. The maximum absolute atomic E-state index is 11.8. The highest BCUT2D eigenvalue weighted by molar-refractivity contribution is 7.80. The molecule has 0 aromatic carbocycles. The van der Waals surface area contributed by atoms with Gasteiger partial charge in [0.05, 0.1) is 12.2 Å². The Hall–Kier alpha value is -1.39. The number of hydrogen-bond donors (Lipinski definition) is 2. The van der Waals surface area contributed by atoms with Crippen molar-refractivity contribution in [2.24, 2.45) is 40.4 Å². The first kappa shape index (κ1) is 32.1. The Labute approximate surface area is 238 Å². The summed E-state index contributed by atoms with van der Waals surface area (Å²) in [4.78, 5) is 0. The molecule has 0 spiro atoms. The first-order valence-corrected chi connectivity index (χ1v) is 16.4. The molecule has 1 saturated carbocycles. The van der Waals surface area contributed by atoms with E-state index in [2.05, 4.69) is 67.0 Å². The van der Waals surface area contributed by atoms with Gasteiger partial charge >= 0.3 is 10.4 Å². The molecule has 0 aromatic heterocycles. The third-order valence-corrected chi connectivity index (χ3v) is 11.5. The van der Waals surface area contributed by atoms with Crippen LogP contribution in [0.2, 0.25) is 0 Å². The molecule has 0 bridgehead atoms. The Balaban J connectivity index is 0.00000205. The lowest BCUT2D eigenvalue weighted by Gasteiger charge is -2.57. The lowest BCUT2D eigenvalue weighted by atomic mass is 9.49. The molecule has 6 heteroatoms. The highest BCUT2D eigenvalue weighted by Gasteiger charge is 2.57. The molecule has 39 heavy (non-hydrogen) atoms.